The summed E-state index contributed by atoms with van der Waals surface area (Å²) in [6, 6.07) is 7.69. The maximum absolute atomic E-state index is 9.99. The normalized spacial score (nSPS) is 19.8. The average Bonchev–Trinajstić information content (AvgIpc) is 3.37. The summed E-state index contributed by atoms with van der Waals surface area (Å²) in [6.45, 7) is 2.02. The summed E-state index contributed by atoms with van der Waals surface area (Å²) in [7, 11) is 0. The van der Waals surface area contributed by atoms with Crippen molar-refractivity contribution >= 4 is 15.9 Å². The van der Waals surface area contributed by atoms with Gasteiger partial charge in [-0.2, -0.15) is 0 Å². The molecule has 2 saturated carbocycles. The first-order valence-corrected chi connectivity index (χ1v) is 8.79. The van der Waals surface area contributed by atoms with Crippen molar-refractivity contribution in [2.75, 3.05) is 19.7 Å². The van der Waals surface area contributed by atoms with E-state index in [2.05, 4.69) is 21.2 Å². The number of aliphatic hydroxyl groups excluding tert-OH is 1. The van der Waals surface area contributed by atoms with E-state index in [1.54, 1.807) is 0 Å². The number of benzene rings is 1. The fourth-order valence-corrected chi connectivity index (χ4v) is 3.23. The van der Waals surface area contributed by atoms with E-state index in [9.17, 15) is 5.11 Å². The van der Waals surface area contributed by atoms with Gasteiger partial charge in [0.2, 0.25) is 0 Å². The Hall–Kier alpha value is -0.580. The minimum absolute atomic E-state index is 0.339. The SMILES string of the molecule is OC(CNCC(C1CC1)C1CC1)COc1ccc(Br)cc1. The summed E-state index contributed by atoms with van der Waals surface area (Å²) in [5.41, 5.74) is 0. The van der Waals surface area contributed by atoms with Crippen LogP contribution in [0, 0.1) is 17.8 Å². The van der Waals surface area contributed by atoms with Crippen LogP contribution in [0.15, 0.2) is 28.7 Å². The summed E-state index contributed by atoms with van der Waals surface area (Å²) in [4.78, 5) is 0. The summed E-state index contributed by atoms with van der Waals surface area (Å²) in [5, 5.41) is 13.4. The minimum atomic E-state index is -0.451. The van der Waals surface area contributed by atoms with Gasteiger partial charge in [-0.1, -0.05) is 15.9 Å². The van der Waals surface area contributed by atoms with Crippen molar-refractivity contribution < 1.29 is 9.84 Å². The first kappa shape index (κ1) is 15.3. The molecule has 2 fully saturated rings. The zero-order valence-corrected chi connectivity index (χ0v) is 13.9. The lowest BCUT2D eigenvalue weighted by atomic mass is 9.98. The van der Waals surface area contributed by atoms with Crippen LogP contribution in [0.25, 0.3) is 0 Å². The lowest BCUT2D eigenvalue weighted by molar-refractivity contribution is 0.105. The highest BCUT2D eigenvalue weighted by atomic mass is 79.9. The number of rotatable bonds is 9. The number of hydrogen-bond donors (Lipinski definition) is 2. The molecule has 1 aromatic carbocycles. The molecule has 0 radical (unpaired) electrons. The predicted molar refractivity (Wildman–Crippen MR) is 87.5 cm³/mol. The van der Waals surface area contributed by atoms with E-state index in [4.69, 9.17) is 4.74 Å². The van der Waals surface area contributed by atoms with Crippen molar-refractivity contribution in [3.63, 3.8) is 0 Å². The third kappa shape index (κ3) is 4.97. The largest absolute Gasteiger partial charge is 0.491 e. The number of hydrogen-bond acceptors (Lipinski definition) is 3. The highest BCUT2D eigenvalue weighted by Gasteiger charge is 2.40. The van der Waals surface area contributed by atoms with Gasteiger partial charge in [-0.25, -0.2) is 0 Å². The molecular weight excluding hydrogens is 330 g/mol. The lowest BCUT2D eigenvalue weighted by Crippen LogP contribution is -2.35. The molecule has 0 amide bonds. The third-order valence-corrected chi connectivity index (χ3v) is 5.00. The van der Waals surface area contributed by atoms with Crippen molar-refractivity contribution in [1.82, 2.24) is 5.32 Å². The number of aliphatic hydroxyl groups is 1. The Labute approximate surface area is 135 Å². The molecule has 2 N–H and O–H groups in total. The first-order chi connectivity index (χ1) is 10.2. The van der Waals surface area contributed by atoms with Crippen LogP contribution in [-0.2, 0) is 0 Å². The van der Waals surface area contributed by atoms with Crippen LogP contribution < -0.4 is 10.1 Å². The molecule has 4 heteroatoms. The molecule has 1 aromatic rings. The maximum Gasteiger partial charge on any atom is 0.119 e. The second-order valence-electron chi connectivity index (χ2n) is 6.42. The summed E-state index contributed by atoms with van der Waals surface area (Å²) >= 11 is 3.39. The molecule has 116 valence electrons. The molecule has 2 aliphatic rings. The predicted octanol–water partition coefficient (Wildman–Crippen LogP) is 3.21. The Morgan fingerprint density at radius 3 is 2.29 bits per heavy atom. The van der Waals surface area contributed by atoms with Gasteiger partial charge in [-0.3, -0.25) is 0 Å². The van der Waals surface area contributed by atoms with Gasteiger partial charge in [0.15, 0.2) is 0 Å². The lowest BCUT2D eigenvalue weighted by Gasteiger charge is -2.18. The fraction of sp³-hybridized carbons (Fsp3) is 0.647. The number of nitrogens with one attached hydrogen (secondary N) is 1. The molecule has 3 rings (SSSR count). The van der Waals surface area contributed by atoms with Crippen LogP contribution in [0.5, 0.6) is 5.75 Å². The molecular formula is C17H24BrNO2. The highest BCUT2D eigenvalue weighted by Crippen LogP contribution is 2.48. The zero-order chi connectivity index (χ0) is 14.7. The minimum Gasteiger partial charge on any atom is -0.491 e. The smallest absolute Gasteiger partial charge is 0.119 e. The van der Waals surface area contributed by atoms with Crippen LogP contribution in [-0.4, -0.2) is 30.9 Å². The third-order valence-electron chi connectivity index (χ3n) is 4.47. The van der Waals surface area contributed by atoms with Gasteiger partial charge in [0, 0.05) is 11.0 Å². The van der Waals surface area contributed by atoms with Crippen molar-refractivity contribution in [3.8, 4) is 5.75 Å². The molecule has 1 atom stereocenters. The van der Waals surface area contributed by atoms with Crippen LogP contribution in [0.3, 0.4) is 0 Å². The Morgan fingerprint density at radius 1 is 1.10 bits per heavy atom. The molecule has 0 bridgehead atoms. The molecule has 0 spiro atoms. The van der Waals surface area contributed by atoms with Crippen LogP contribution in [0.1, 0.15) is 25.7 Å². The van der Waals surface area contributed by atoms with Gasteiger partial charge in [0.25, 0.3) is 0 Å². The fourth-order valence-electron chi connectivity index (χ4n) is 2.97. The summed E-state index contributed by atoms with van der Waals surface area (Å²) < 4.78 is 6.62. The number of halogens is 1. The van der Waals surface area contributed by atoms with Gasteiger partial charge in [0.05, 0.1) is 0 Å². The Balaban J connectivity index is 1.32. The molecule has 2 aliphatic carbocycles. The van der Waals surface area contributed by atoms with Gasteiger partial charge in [-0.05, 0) is 74.2 Å². The second-order valence-corrected chi connectivity index (χ2v) is 7.33. The van der Waals surface area contributed by atoms with Crippen molar-refractivity contribution in [2.24, 2.45) is 17.8 Å². The average molecular weight is 354 g/mol. The molecule has 0 aromatic heterocycles. The van der Waals surface area contributed by atoms with Crippen molar-refractivity contribution in [2.45, 2.75) is 31.8 Å². The monoisotopic (exact) mass is 353 g/mol. The van der Waals surface area contributed by atoms with E-state index in [1.807, 2.05) is 24.3 Å². The summed E-state index contributed by atoms with van der Waals surface area (Å²) in [5.74, 6) is 3.57. The molecule has 1 unspecified atom stereocenters. The van der Waals surface area contributed by atoms with E-state index < -0.39 is 6.10 Å². The van der Waals surface area contributed by atoms with Crippen molar-refractivity contribution in [3.05, 3.63) is 28.7 Å². The van der Waals surface area contributed by atoms with Gasteiger partial charge < -0.3 is 15.2 Å². The van der Waals surface area contributed by atoms with Crippen LogP contribution in [0.2, 0.25) is 0 Å². The summed E-state index contributed by atoms with van der Waals surface area (Å²) in [6.07, 6.45) is 5.21. The quantitative estimate of drug-likeness (QED) is 0.716. The van der Waals surface area contributed by atoms with Gasteiger partial charge in [0.1, 0.15) is 18.5 Å². The van der Waals surface area contributed by atoms with E-state index in [-0.39, 0.29) is 0 Å². The molecule has 0 aliphatic heterocycles. The molecule has 21 heavy (non-hydrogen) atoms. The molecule has 0 saturated heterocycles. The van der Waals surface area contributed by atoms with Crippen LogP contribution in [0.4, 0.5) is 0 Å². The van der Waals surface area contributed by atoms with Gasteiger partial charge in [-0.15, -0.1) is 0 Å². The Bertz CT molecular complexity index is 431. The van der Waals surface area contributed by atoms with E-state index in [0.717, 1.165) is 34.5 Å². The van der Waals surface area contributed by atoms with E-state index >= 15 is 0 Å². The van der Waals surface area contributed by atoms with Gasteiger partial charge >= 0.3 is 0 Å². The Morgan fingerprint density at radius 2 is 1.71 bits per heavy atom. The van der Waals surface area contributed by atoms with E-state index in [1.165, 1.54) is 25.7 Å². The van der Waals surface area contributed by atoms with Crippen molar-refractivity contribution in [1.29, 1.82) is 0 Å². The second kappa shape index (κ2) is 7.12. The van der Waals surface area contributed by atoms with Crippen LogP contribution >= 0.6 is 15.9 Å². The Kier molecular flexibility index (Phi) is 5.19. The molecule has 0 heterocycles. The standard InChI is InChI=1S/C17H24BrNO2/c18-14-5-7-16(8-6-14)21-11-15(20)9-19-10-17(12-1-2-12)13-3-4-13/h5-8,12-13,15,17,19-20H,1-4,9-11H2. The topological polar surface area (TPSA) is 41.5 Å². The first-order valence-electron chi connectivity index (χ1n) is 7.99. The van der Waals surface area contributed by atoms with E-state index in [0.29, 0.717) is 13.2 Å². The molecule has 3 nitrogen and oxygen atoms in total. The zero-order valence-electron chi connectivity index (χ0n) is 12.3. The maximum atomic E-state index is 9.99. The highest BCUT2D eigenvalue weighted by molar-refractivity contribution is 9.10. The number of ether oxygens (including phenoxy) is 1.